The number of nitrogens with one attached hydrogen (secondary N) is 1. The lowest BCUT2D eigenvalue weighted by Gasteiger charge is -2.09. The molecule has 0 atom stereocenters. The first-order chi connectivity index (χ1) is 8.67. The molecule has 0 aliphatic heterocycles. The molecule has 0 bridgehead atoms. The van der Waals surface area contributed by atoms with Gasteiger partial charge in [0, 0.05) is 24.3 Å². The smallest absolute Gasteiger partial charge is 0.224 e. The summed E-state index contributed by atoms with van der Waals surface area (Å²) < 4.78 is 2.06. The number of nitrogen functional groups attached to an aromatic ring is 1. The van der Waals surface area contributed by atoms with Gasteiger partial charge in [-0.05, 0) is 44.5 Å². The predicted octanol–water partition coefficient (Wildman–Crippen LogP) is 2.29. The maximum absolute atomic E-state index is 5.84. The average Bonchev–Trinajstić information content (AvgIpc) is 2.76. The first kappa shape index (κ1) is 12.4. The van der Waals surface area contributed by atoms with E-state index in [0.29, 0.717) is 0 Å². The van der Waals surface area contributed by atoms with E-state index >= 15 is 0 Å². The zero-order valence-corrected chi connectivity index (χ0v) is 11.1. The molecule has 0 saturated carbocycles. The van der Waals surface area contributed by atoms with Crippen molar-refractivity contribution in [1.29, 1.82) is 0 Å². The molecule has 0 aliphatic carbocycles. The molecule has 0 fully saturated rings. The molecule has 0 spiro atoms. The summed E-state index contributed by atoms with van der Waals surface area (Å²) in [7, 11) is 0. The first-order valence-corrected chi connectivity index (χ1v) is 6.21. The molecule has 3 N–H and O–H groups in total. The molecule has 18 heavy (non-hydrogen) atoms. The summed E-state index contributed by atoms with van der Waals surface area (Å²) in [4.78, 5) is 0. The van der Waals surface area contributed by atoms with Gasteiger partial charge in [0.15, 0.2) is 5.82 Å². The summed E-state index contributed by atoms with van der Waals surface area (Å²) >= 11 is 0. The van der Waals surface area contributed by atoms with Crippen LogP contribution >= 0.6 is 0 Å². The normalized spacial score (nSPS) is 10.6. The molecule has 1 aromatic heterocycles. The number of rotatable bonds is 4. The van der Waals surface area contributed by atoms with Crippen molar-refractivity contribution in [3.8, 4) is 11.4 Å². The minimum absolute atomic E-state index is 0.799. The Kier molecular flexibility index (Phi) is 3.50. The Hall–Kier alpha value is -2.04. The number of aromatic nitrogens is 3. The molecular formula is C13H19N5. The van der Waals surface area contributed by atoms with E-state index in [4.69, 9.17) is 5.73 Å². The van der Waals surface area contributed by atoms with E-state index in [2.05, 4.69) is 27.0 Å². The van der Waals surface area contributed by atoms with Crippen molar-refractivity contribution >= 4 is 11.6 Å². The third-order valence-electron chi connectivity index (χ3n) is 2.93. The standard InChI is InChI=1S/C13H19N5/c1-4-15-13-17-16-12(18(13)5-2)10-6-7-11(14)9(3)8-10/h6-8H,4-5,14H2,1-3H3,(H,15,17). The van der Waals surface area contributed by atoms with E-state index in [1.165, 1.54) is 0 Å². The highest BCUT2D eigenvalue weighted by molar-refractivity contribution is 5.63. The van der Waals surface area contributed by atoms with Crippen LogP contribution in [-0.2, 0) is 6.54 Å². The van der Waals surface area contributed by atoms with Crippen LogP contribution in [0.15, 0.2) is 18.2 Å². The van der Waals surface area contributed by atoms with Gasteiger partial charge in [0.25, 0.3) is 0 Å². The summed E-state index contributed by atoms with van der Waals surface area (Å²) in [6, 6.07) is 5.93. The molecule has 0 radical (unpaired) electrons. The third kappa shape index (κ3) is 2.16. The van der Waals surface area contributed by atoms with E-state index in [1.54, 1.807) is 0 Å². The second-order valence-corrected chi connectivity index (χ2v) is 4.19. The molecule has 0 unspecified atom stereocenters. The summed E-state index contributed by atoms with van der Waals surface area (Å²) in [5.41, 5.74) is 8.73. The molecule has 5 nitrogen and oxygen atoms in total. The van der Waals surface area contributed by atoms with Gasteiger partial charge in [-0.25, -0.2) is 0 Å². The van der Waals surface area contributed by atoms with Crippen molar-refractivity contribution in [2.24, 2.45) is 0 Å². The highest BCUT2D eigenvalue weighted by Crippen LogP contribution is 2.23. The van der Waals surface area contributed by atoms with Crippen LogP contribution in [0.1, 0.15) is 19.4 Å². The van der Waals surface area contributed by atoms with Gasteiger partial charge in [-0.3, -0.25) is 4.57 Å². The maximum Gasteiger partial charge on any atom is 0.224 e. The van der Waals surface area contributed by atoms with Gasteiger partial charge >= 0.3 is 0 Å². The Bertz CT molecular complexity index is 544. The highest BCUT2D eigenvalue weighted by Gasteiger charge is 2.12. The Balaban J connectivity index is 2.46. The molecule has 96 valence electrons. The zero-order chi connectivity index (χ0) is 13.1. The van der Waals surface area contributed by atoms with Crippen molar-refractivity contribution in [2.45, 2.75) is 27.3 Å². The number of hydrogen-bond donors (Lipinski definition) is 2. The predicted molar refractivity (Wildman–Crippen MR) is 74.4 cm³/mol. The molecule has 1 aromatic carbocycles. The topological polar surface area (TPSA) is 68.8 Å². The van der Waals surface area contributed by atoms with Crippen molar-refractivity contribution < 1.29 is 0 Å². The second kappa shape index (κ2) is 5.08. The maximum atomic E-state index is 5.84. The van der Waals surface area contributed by atoms with E-state index in [-0.39, 0.29) is 0 Å². The van der Waals surface area contributed by atoms with Gasteiger partial charge in [0.1, 0.15) is 0 Å². The Morgan fingerprint density at radius 1 is 1.28 bits per heavy atom. The largest absolute Gasteiger partial charge is 0.399 e. The molecule has 1 heterocycles. The molecule has 2 rings (SSSR count). The van der Waals surface area contributed by atoms with Gasteiger partial charge in [-0.15, -0.1) is 10.2 Å². The van der Waals surface area contributed by atoms with Crippen LogP contribution in [0.4, 0.5) is 11.6 Å². The fraction of sp³-hybridized carbons (Fsp3) is 0.385. The minimum atomic E-state index is 0.799. The lowest BCUT2D eigenvalue weighted by molar-refractivity contribution is 0.770. The minimum Gasteiger partial charge on any atom is -0.399 e. The van der Waals surface area contributed by atoms with Crippen LogP contribution in [0.5, 0.6) is 0 Å². The molecule has 0 aliphatic rings. The number of hydrogen-bond acceptors (Lipinski definition) is 4. The van der Waals surface area contributed by atoms with Crippen LogP contribution in [0, 0.1) is 6.92 Å². The number of nitrogens with zero attached hydrogens (tertiary/aromatic N) is 3. The fourth-order valence-electron chi connectivity index (χ4n) is 1.92. The lowest BCUT2D eigenvalue weighted by atomic mass is 10.1. The van der Waals surface area contributed by atoms with Crippen molar-refractivity contribution in [2.75, 3.05) is 17.6 Å². The van der Waals surface area contributed by atoms with Crippen molar-refractivity contribution in [1.82, 2.24) is 14.8 Å². The Morgan fingerprint density at radius 3 is 2.67 bits per heavy atom. The average molecular weight is 245 g/mol. The van der Waals surface area contributed by atoms with Gasteiger partial charge in [0.2, 0.25) is 5.95 Å². The number of nitrogens with two attached hydrogens (primary N) is 1. The monoisotopic (exact) mass is 245 g/mol. The Morgan fingerprint density at radius 2 is 2.06 bits per heavy atom. The lowest BCUT2D eigenvalue weighted by Crippen LogP contribution is -2.07. The van der Waals surface area contributed by atoms with Crippen LogP contribution in [-0.4, -0.2) is 21.3 Å². The summed E-state index contributed by atoms with van der Waals surface area (Å²) in [6.07, 6.45) is 0. The molecule has 5 heteroatoms. The fourth-order valence-corrected chi connectivity index (χ4v) is 1.92. The van der Waals surface area contributed by atoms with E-state index in [1.807, 2.05) is 32.0 Å². The van der Waals surface area contributed by atoms with Crippen LogP contribution in [0.2, 0.25) is 0 Å². The summed E-state index contributed by atoms with van der Waals surface area (Å²) in [5.74, 6) is 1.68. The van der Waals surface area contributed by atoms with Crippen LogP contribution < -0.4 is 11.1 Å². The van der Waals surface area contributed by atoms with Crippen LogP contribution in [0.3, 0.4) is 0 Å². The number of benzene rings is 1. The third-order valence-corrected chi connectivity index (χ3v) is 2.93. The van der Waals surface area contributed by atoms with Crippen molar-refractivity contribution in [3.05, 3.63) is 23.8 Å². The molecular weight excluding hydrogens is 226 g/mol. The highest BCUT2D eigenvalue weighted by atomic mass is 15.3. The number of anilines is 2. The number of aryl methyl sites for hydroxylation is 1. The first-order valence-electron chi connectivity index (χ1n) is 6.21. The summed E-state index contributed by atoms with van der Waals surface area (Å²) in [6.45, 7) is 7.78. The van der Waals surface area contributed by atoms with E-state index in [0.717, 1.165) is 41.7 Å². The van der Waals surface area contributed by atoms with Crippen LogP contribution in [0.25, 0.3) is 11.4 Å². The van der Waals surface area contributed by atoms with Gasteiger partial charge in [0.05, 0.1) is 0 Å². The molecule has 2 aromatic rings. The van der Waals surface area contributed by atoms with Gasteiger partial charge in [-0.1, -0.05) is 0 Å². The molecule has 0 saturated heterocycles. The SMILES string of the molecule is CCNc1nnc(-c2ccc(N)c(C)c2)n1CC. The van der Waals surface area contributed by atoms with E-state index in [9.17, 15) is 0 Å². The van der Waals surface area contributed by atoms with Gasteiger partial charge in [-0.2, -0.15) is 0 Å². The quantitative estimate of drug-likeness (QED) is 0.811. The molecule has 0 amide bonds. The zero-order valence-electron chi connectivity index (χ0n) is 11.1. The second-order valence-electron chi connectivity index (χ2n) is 4.19. The van der Waals surface area contributed by atoms with E-state index < -0.39 is 0 Å². The van der Waals surface area contributed by atoms with Gasteiger partial charge < -0.3 is 11.1 Å². The van der Waals surface area contributed by atoms with Crippen molar-refractivity contribution in [3.63, 3.8) is 0 Å². The summed E-state index contributed by atoms with van der Waals surface area (Å²) in [5, 5.41) is 11.6. The Labute approximate surface area is 107 Å².